The minimum atomic E-state index is 0.598. The highest BCUT2D eigenvalue weighted by Gasteiger charge is 2.24. The van der Waals surface area contributed by atoms with Gasteiger partial charge in [0.25, 0.3) is 0 Å². The molecule has 2 N–H and O–H groups in total. The quantitative estimate of drug-likeness (QED) is 0.908. The summed E-state index contributed by atoms with van der Waals surface area (Å²) in [6, 6.07) is 8.50. The van der Waals surface area contributed by atoms with Crippen LogP contribution in [0, 0.1) is 6.92 Å². The number of rotatable bonds is 3. The molecule has 0 bridgehead atoms. The lowest BCUT2D eigenvalue weighted by Gasteiger charge is -2.22. The van der Waals surface area contributed by atoms with E-state index in [-0.39, 0.29) is 0 Å². The molecule has 0 unspecified atom stereocenters. The Morgan fingerprint density at radius 2 is 2.22 bits per heavy atom. The summed E-state index contributed by atoms with van der Waals surface area (Å²) in [5.41, 5.74) is 9.32. The molecule has 1 saturated carbocycles. The van der Waals surface area contributed by atoms with Crippen molar-refractivity contribution in [3.63, 3.8) is 0 Å². The normalized spacial score (nSPS) is 15.7. The third-order valence-corrected chi connectivity index (χ3v) is 5.06. The van der Waals surface area contributed by atoms with Gasteiger partial charge in [-0.15, -0.1) is 11.3 Å². The van der Waals surface area contributed by atoms with Crippen LogP contribution in [-0.4, -0.2) is 4.98 Å². The molecule has 0 spiro atoms. The minimum absolute atomic E-state index is 0.598. The number of thiazole rings is 1. The molecule has 18 heavy (non-hydrogen) atoms. The fourth-order valence-corrected chi connectivity index (χ4v) is 3.59. The summed E-state index contributed by atoms with van der Waals surface area (Å²) >= 11 is 1.86. The van der Waals surface area contributed by atoms with Gasteiger partial charge in [0.2, 0.25) is 0 Å². The Hall–Kier alpha value is -1.19. The van der Waals surface area contributed by atoms with Gasteiger partial charge in [-0.05, 0) is 37.0 Å². The van der Waals surface area contributed by atoms with Crippen LogP contribution in [0.3, 0.4) is 0 Å². The number of nitrogens with zero attached hydrogens (tertiary/aromatic N) is 1. The number of hydrogen-bond acceptors (Lipinski definition) is 3. The molecule has 3 heteroatoms. The van der Waals surface area contributed by atoms with E-state index in [9.17, 15) is 0 Å². The average Bonchev–Trinajstić information content (AvgIpc) is 2.69. The van der Waals surface area contributed by atoms with Gasteiger partial charge in [-0.3, -0.25) is 0 Å². The molecule has 1 heterocycles. The molecule has 0 radical (unpaired) electrons. The number of aromatic nitrogens is 1. The lowest BCUT2D eigenvalue weighted by Crippen LogP contribution is -2.07. The van der Waals surface area contributed by atoms with E-state index < -0.39 is 0 Å². The van der Waals surface area contributed by atoms with Crippen molar-refractivity contribution in [2.75, 3.05) is 0 Å². The highest BCUT2D eigenvalue weighted by atomic mass is 32.1. The summed E-state index contributed by atoms with van der Waals surface area (Å²) in [6.45, 7) is 2.71. The molecule has 3 rings (SSSR count). The van der Waals surface area contributed by atoms with E-state index in [1.165, 1.54) is 40.3 Å². The second kappa shape index (κ2) is 4.82. The lowest BCUT2D eigenvalue weighted by molar-refractivity contribution is 0.418. The molecule has 0 saturated heterocycles. The van der Waals surface area contributed by atoms with Gasteiger partial charge >= 0.3 is 0 Å². The van der Waals surface area contributed by atoms with Crippen LogP contribution < -0.4 is 5.73 Å². The van der Waals surface area contributed by atoms with Crippen molar-refractivity contribution in [1.29, 1.82) is 0 Å². The number of nitrogens with two attached hydrogens (primary N) is 1. The SMILES string of the molecule is Cc1nc(C2CCC2)sc1-c1cccc(CN)c1. The van der Waals surface area contributed by atoms with Crippen LogP contribution in [0.25, 0.3) is 10.4 Å². The van der Waals surface area contributed by atoms with Gasteiger partial charge in [-0.25, -0.2) is 4.98 Å². The third kappa shape index (κ3) is 2.08. The maximum Gasteiger partial charge on any atom is 0.0965 e. The lowest BCUT2D eigenvalue weighted by atomic mass is 9.86. The fraction of sp³-hybridized carbons (Fsp3) is 0.400. The largest absolute Gasteiger partial charge is 0.326 e. The van der Waals surface area contributed by atoms with Crippen LogP contribution in [0.1, 0.15) is 41.4 Å². The Morgan fingerprint density at radius 3 is 2.89 bits per heavy atom. The predicted molar refractivity (Wildman–Crippen MR) is 76.8 cm³/mol. The summed E-state index contributed by atoms with van der Waals surface area (Å²) in [4.78, 5) is 6.06. The van der Waals surface area contributed by atoms with E-state index in [1.54, 1.807) is 0 Å². The van der Waals surface area contributed by atoms with Gasteiger partial charge < -0.3 is 5.73 Å². The summed E-state index contributed by atoms with van der Waals surface area (Å²) < 4.78 is 0. The zero-order chi connectivity index (χ0) is 12.5. The first kappa shape index (κ1) is 11.9. The molecular weight excluding hydrogens is 240 g/mol. The molecule has 94 valence electrons. The van der Waals surface area contributed by atoms with Crippen molar-refractivity contribution in [2.24, 2.45) is 5.73 Å². The van der Waals surface area contributed by atoms with Crippen LogP contribution in [0.5, 0.6) is 0 Å². The molecule has 2 nitrogen and oxygen atoms in total. The molecule has 0 aliphatic heterocycles. The Morgan fingerprint density at radius 1 is 1.39 bits per heavy atom. The topological polar surface area (TPSA) is 38.9 Å². The molecule has 0 amide bonds. The second-order valence-electron chi connectivity index (χ2n) is 5.00. The smallest absolute Gasteiger partial charge is 0.0965 e. The first-order valence-electron chi connectivity index (χ1n) is 6.54. The Balaban J connectivity index is 1.97. The molecular formula is C15H18N2S. The van der Waals surface area contributed by atoms with Gasteiger partial charge in [0.15, 0.2) is 0 Å². The molecule has 1 aliphatic rings. The van der Waals surface area contributed by atoms with E-state index in [1.807, 2.05) is 11.3 Å². The van der Waals surface area contributed by atoms with Gasteiger partial charge in [-0.2, -0.15) is 0 Å². The van der Waals surface area contributed by atoms with E-state index in [0.717, 1.165) is 11.6 Å². The van der Waals surface area contributed by atoms with E-state index in [2.05, 4.69) is 31.2 Å². The van der Waals surface area contributed by atoms with Crippen molar-refractivity contribution in [2.45, 2.75) is 38.6 Å². The second-order valence-corrected chi connectivity index (χ2v) is 6.03. The van der Waals surface area contributed by atoms with Gasteiger partial charge in [0, 0.05) is 12.5 Å². The number of benzene rings is 1. The molecule has 2 aromatic rings. The van der Waals surface area contributed by atoms with Crippen LogP contribution in [0.15, 0.2) is 24.3 Å². The molecule has 1 aromatic heterocycles. The highest BCUT2D eigenvalue weighted by Crippen LogP contribution is 2.41. The standard InChI is InChI=1S/C15H18N2S/c1-10-14(13-7-2-4-11(8-13)9-16)18-15(17-10)12-5-3-6-12/h2,4,7-8,12H,3,5-6,9,16H2,1H3. The average molecular weight is 258 g/mol. The Kier molecular flexibility index (Phi) is 3.18. The zero-order valence-electron chi connectivity index (χ0n) is 10.6. The van der Waals surface area contributed by atoms with E-state index in [4.69, 9.17) is 10.7 Å². The monoisotopic (exact) mass is 258 g/mol. The minimum Gasteiger partial charge on any atom is -0.326 e. The zero-order valence-corrected chi connectivity index (χ0v) is 11.5. The third-order valence-electron chi connectivity index (χ3n) is 3.69. The fourth-order valence-electron chi connectivity index (χ4n) is 2.35. The summed E-state index contributed by atoms with van der Waals surface area (Å²) in [6.07, 6.45) is 3.99. The van der Waals surface area contributed by atoms with Crippen molar-refractivity contribution in [1.82, 2.24) is 4.98 Å². The summed E-state index contributed by atoms with van der Waals surface area (Å²) in [5.74, 6) is 0.722. The first-order valence-corrected chi connectivity index (χ1v) is 7.36. The Bertz CT molecular complexity index is 555. The van der Waals surface area contributed by atoms with Crippen molar-refractivity contribution in [3.05, 3.63) is 40.5 Å². The molecule has 0 atom stereocenters. The van der Waals surface area contributed by atoms with Gasteiger partial charge in [-0.1, -0.05) is 24.6 Å². The van der Waals surface area contributed by atoms with Gasteiger partial charge in [0.1, 0.15) is 0 Å². The Labute approximate surface area is 112 Å². The van der Waals surface area contributed by atoms with Gasteiger partial charge in [0.05, 0.1) is 15.6 Å². The predicted octanol–water partition coefficient (Wildman–Crippen LogP) is 3.84. The summed E-state index contributed by atoms with van der Waals surface area (Å²) in [5, 5.41) is 1.33. The molecule has 1 fully saturated rings. The van der Waals surface area contributed by atoms with Crippen LogP contribution >= 0.6 is 11.3 Å². The molecule has 1 aliphatic carbocycles. The summed E-state index contributed by atoms with van der Waals surface area (Å²) in [7, 11) is 0. The van der Waals surface area contributed by atoms with E-state index >= 15 is 0 Å². The number of aryl methyl sites for hydroxylation is 1. The van der Waals surface area contributed by atoms with Crippen molar-refractivity contribution < 1.29 is 0 Å². The maximum atomic E-state index is 5.71. The number of hydrogen-bond donors (Lipinski definition) is 1. The van der Waals surface area contributed by atoms with E-state index in [0.29, 0.717) is 6.54 Å². The highest BCUT2D eigenvalue weighted by molar-refractivity contribution is 7.15. The maximum absolute atomic E-state index is 5.71. The first-order chi connectivity index (χ1) is 8.78. The van der Waals surface area contributed by atoms with Crippen LogP contribution in [0.2, 0.25) is 0 Å². The van der Waals surface area contributed by atoms with Crippen molar-refractivity contribution >= 4 is 11.3 Å². The van der Waals surface area contributed by atoms with Crippen molar-refractivity contribution in [3.8, 4) is 10.4 Å². The molecule has 1 aromatic carbocycles. The van der Waals surface area contributed by atoms with Crippen LogP contribution in [0.4, 0.5) is 0 Å². The van der Waals surface area contributed by atoms with Crippen LogP contribution in [-0.2, 0) is 6.54 Å².